The standard InChI is InChI=1S/C23H17NOS2/c1-13-8-9-14(2)21-17(13)10-16(22(21)25)11-20-24-23-19(26-20)12-18(27-23)15-6-4-3-5-7-15/h3-9,11-12H,10H2,1-2H3/b16-11-. The molecule has 0 saturated heterocycles. The molecule has 132 valence electrons. The number of hydrogen-bond donors (Lipinski definition) is 0. The highest BCUT2D eigenvalue weighted by Gasteiger charge is 2.28. The summed E-state index contributed by atoms with van der Waals surface area (Å²) in [7, 11) is 0. The van der Waals surface area contributed by atoms with Gasteiger partial charge in [-0.3, -0.25) is 4.79 Å². The minimum absolute atomic E-state index is 0.162. The van der Waals surface area contributed by atoms with Crippen molar-refractivity contribution in [3.05, 3.63) is 81.4 Å². The summed E-state index contributed by atoms with van der Waals surface area (Å²) in [6.07, 6.45) is 2.70. The minimum atomic E-state index is 0.162. The zero-order valence-corrected chi connectivity index (χ0v) is 16.7. The number of rotatable bonds is 2. The van der Waals surface area contributed by atoms with Crippen molar-refractivity contribution in [1.82, 2.24) is 4.98 Å². The average Bonchev–Trinajstić information content (AvgIpc) is 3.32. The molecule has 0 unspecified atom stereocenters. The number of aromatic nitrogens is 1. The molecule has 2 aromatic carbocycles. The second-order valence-electron chi connectivity index (χ2n) is 6.93. The zero-order chi connectivity index (χ0) is 18.5. The van der Waals surface area contributed by atoms with Crippen molar-refractivity contribution in [1.29, 1.82) is 0 Å². The highest BCUT2D eigenvalue weighted by Crippen LogP contribution is 2.38. The number of Topliss-reactive ketones (excluding diaryl/α,β-unsaturated/α-hetero) is 1. The molecule has 2 nitrogen and oxygen atoms in total. The predicted molar refractivity (Wildman–Crippen MR) is 115 cm³/mol. The first-order chi connectivity index (χ1) is 13.1. The molecule has 0 aliphatic heterocycles. The molecular weight excluding hydrogens is 370 g/mol. The van der Waals surface area contributed by atoms with Gasteiger partial charge in [-0.25, -0.2) is 4.98 Å². The molecule has 4 aromatic rings. The van der Waals surface area contributed by atoms with Gasteiger partial charge < -0.3 is 0 Å². The third-order valence-electron chi connectivity index (χ3n) is 5.10. The van der Waals surface area contributed by atoms with Crippen LogP contribution >= 0.6 is 22.7 Å². The Labute approximate surface area is 165 Å². The van der Waals surface area contributed by atoms with Gasteiger partial charge in [0.15, 0.2) is 5.78 Å². The fourth-order valence-corrected chi connectivity index (χ4v) is 5.87. The quantitative estimate of drug-likeness (QED) is 0.369. The summed E-state index contributed by atoms with van der Waals surface area (Å²) in [5.41, 5.74) is 6.41. The molecule has 0 N–H and O–H groups in total. The summed E-state index contributed by atoms with van der Waals surface area (Å²) in [5, 5.41) is 0.919. The number of benzene rings is 2. The van der Waals surface area contributed by atoms with Gasteiger partial charge in [-0.15, -0.1) is 22.7 Å². The van der Waals surface area contributed by atoms with Gasteiger partial charge in [0.1, 0.15) is 9.84 Å². The molecular formula is C23H17NOS2. The van der Waals surface area contributed by atoms with E-state index in [2.05, 4.69) is 43.3 Å². The number of fused-ring (bicyclic) bond motifs is 2. The van der Waals surface area contributed by atoms with Crippen LogP contribution in [0.4, 0.5) is 0 Å². The van der Waals surface area contributed by atoms with Crippen LogP contribution in [0, 0.1) is 13.8 Å². The fourth-order valence-electron chi connectivity index (χ4n) is 3.67. The second-order valence-corrected chi connectivity index (χ2v) is 9.02. The molecule has 4 heteroatoms. The van der Waals surface area contributed by atoms with Gasteiger partial charge in [-0.05, 0) is 48.2 Å². The van der Waals surface area contributed by atoms with Gasteiger partial charge in [-0.1, -0.05) is 42.5 Å². The minimum Gasteiger partial charge on any atom is -0.289 e. The van der Waals surface area contributed by atoms with E-state index >= 15 is 0 Å². The van der Waals surface area contributed by atoms with E-state index in [0.29, 0.717) is 6.42 Å². The van der Waals surface area contributed by atoms with Gasteiger partial charge in [0.2, 0.25) is 0 Å². The van der Waals surface area contributed by atoms with Crippen LogP contribution in [-0.2, 0) is 6.42 Å². The van der Waals surface area contributed by atoms with Crippen molar-refractivity contribution >= 4 is 44.1 Å². The Bertz CT molecular complexity index is 1200. The van der Waals surface area contributed by atoms with Gasteiger partial charge in [0.05, 0.1) is 4.70 Å². The first-order valence-corrected chi connectivity index (χ1v) is 10.5. The van der Waals surface area contributed by atoms with Crippen LogP contribution in [0.5, 0.6) is 0 Å². The second kappa shape index (κ2) is 6.25. The number of thiophene rings is 1. The first-order valence-electron chi connectivity index (χ1n) is 8.90. The lowest BCUT2D eigenvalue weighted by Crippen LogP contribution is -1.98. The van der Waals surface area contributed by atoms with E-state index in [0.717, 1.165) is 26.5 Å². The van der Waals surface area contributed by atoms with Gasteiger partial charge in [0.25, 0.3) is 0 Å². The van der Waals surface area contributed by atoms with E-state index in [4.69, 9.17) is 4.98 Å². The number of thiazole rings is 1. The molecule has 5 rings (SSSR count). The van der Waals surface area contributed by atoms with Gasteiger partial charge in [0, 0.05) is 22.4 Å². The summed E-state index contributed by atoms with van der Waals surface area (Å²) in [6, 6.07) is 16.7. The summed E-state index contributed by atoms with van der Waals surface area (Å²) >= 11 is 3.37. The Balaban J connectivity index is 1.50. The number of carbonyl (C=O) groups is 1. The predicted octanol–water partition coefficient (Wildman–Crippen LogP) is 6.46. The lowest BCUT2D eigenvalue weighted by Gasteiger charge is -2.04. The number of hydrogen-bond acceptors (Lipinski definition) is 4. The van der Waals surface area contributed by atoms with Crippen LogP contribution in [-0.4, -0.2) is 10.8 Å². The molecule has 1 aliphatic rings. The number of carbonyl (C=O) groups excluding carboxylic acids is 1. The van der Waals surface area contributed by atoms with Crippen molar-refractivity contribution in [2.45, 2.75) is 20.3 Å². The summed E-state index contributed by atoms with van der Waals surface area (Å²) in [5.74, 6) is 0.162. The van der Waals surface area contributed by atoms with Crippen LogP contribution in [0.15, 0.2) is 54.1 Å². The van der Waals surface area contributed by atoms with Crippen LogP contribution in [0.1, 0.15) is 32.1 Å². The van der Waals surface area contributed by atoms with Crippen molar-refractivity contribution in [2.24, 2.45) is 0 Å². The van der Waals surface area contributed by atoms with Crippen LogP contribution < -0.4 is 0 Å². The van der Waals surface area contributed by atoms with E-state index < -0.39 is 0 Å². The maximum absolute atomic E-state index is 12.9. The molecule has 0 fully saturated rings. The normalized spacial score (nSPS) is 15.0. The highest BCUT2D eigenvalue weighted by atomic mass is 32.1. The first kappa shape index (κ1) is 16.6. The summed E-state index contributed by atoms with van der Waals surface area (Å²) < 4.78 is 1.18. The number of ketones is 1. The molecule has 27 heavy (non-hydrogen) atoms. The maximum Gasteiger partial charge on any atom is 0.190 e. The van der Waals surface area contributed by atoms with Crippen LogP contribution in [0.3, 0.4) is 0 Å². The lowest BCUT2D eigenvalue weighted by molar-refractivity contribution is 0.104. The molecule has 0 saturated carbocycles. The molecule has 0 radical (unpaired) electrons. The largest absolute Gasteiger partial charge is 0.289 e. The molecule has 0 atom stereocenters. The Kier molecular flexibility index (Phi) is 3.85. The number of nitrogens with zero attached hydrogens (tertiary/aromatic N) is 1. The van der Waals surface area contributed by atoms with Gasteiger partial charge >= 0.3 is 0 Å². The Hall–Kier alpha value is -2.56. The SMILES string of the molecule is Cc1ccc(C)c2c1C/C(=C/c1nc3sc(-c4ccccc4)cc3s1)C2=O. The lowest BCUT2D eigenvalue weighted by atomic mass is 10.00. The van der Waals surface area contributed by atoms with Crippen molar-refractivity contribution < 1.29 is 4.79 Å². The van der Waals surface area contributed by atoms with Crippen molar-refractivity contribution in [3.8, 4) is 10.4 Å². The van der Waals surface area contributed by atoms with E-state index in [9.17, 15) is 4.79 Å². The van der Waals surface area contributed by atoms with E-state index in [1.165, 1.54) is 26.3 Å². The average molecular weight is 388 g/mol. The Morgan fingerprint density at radius 2 is 1.78 bits per heavy atom. The zero-order valence-electron chi connectivity index (χ0n) is 15.1. The monoisotopic (exact) mass is 387 g/mol. The summed E-state index contributed by atoms with van der Waals surface area (Å²) in [6.45, 7) is 4.10. The van der Waals surface area contributed by atoms with Crippen molar-refractivity contribution in [3.63, 3.8) is 0 Å². The van der Waals surface area contributed by atoms with E-state index in [1.54, 1.807) is 22.7 Å². The van der Waals surface area contributed by atoms with Crippen molar-refractivity contribution in [2.75, 3.05) is 0 Å². The Morgan fingerprint density at radius 1 is 1.00 bits per heavy atom. The van der Waals surface area contributed by atoms with E-state index in [-0.39, 0.29) is 5.78 Å². The number of allylic oxidation sites excluding steroid dienone is 1. The smallest absolute Gasteiger partial charge is 0.190 e. The molecule has 2 heterocycles. The Morgan fingerprint density at radius 3 is 2.52 bits per heavy atom. The van der Waals surface area contributed by atoms with Crippen LogP contribution in [0.2, 0.25) is 0 Å². The van der Waals surface area contributed by atoms with E-state index in [1.807, 2.05) is 25.1 Å². The molecule has 0 amide bonds. The molecule has 2 aromatic heterocycles. The topological polar surface area (TPSA) is 30.0 Å². The van der Waals surface area contributed by atoms with Crippen LogP contribution in [0.25, 0.3) is 26.0 Å². The number of aryl methyl sites for hydroxylation is 2. The van der Waals surface area contributed by atoms with Gasteiger partial charge in [-0.2, -0.15) is 0 Å². The molecule has 1 aliphatic carbocycles. The molecule has 0 bridgehead atoms. The third-order valence-corrected chi connectivity index (χ3v) is 7.26. The summed E-state index contributed by atoms with van der Waals surface area (Å²) in [4.78, 5) is 19.9. The fraction of sp³-hybridized carbons (Fsp3) is 0.130. The molecule has 0 spiro atoms. The highest BCUT2D eigenvalue weighted by molar-refractivity contribution is 7.29. The maximum atomic E-state index is 12.9. The third kappa shape index (κ3) is 2.76.